The first-order valence-corrected chi connectivity index (χ1v) is 21.2. The monoisotopic (exact) mass is 790 g/mol. The van der Waals surface area contributed by atoms with Crippen LogP contribution in [0.4, 0.5) is 0 Å². The zero-order chi connectivity index (χ0) is 40.7. The Balaban J connectivity index is 1.27. The number of unbranched alkanes of at least 4 members (excludes halogenated alkanes) is 1. The molecule has 0 radical (unpaired) electrons. The molecule has 10 heteroatoms. The van der Waals surface area contributed by atoms with Gasteiger partial charge in [-0.05, 0) is 69.4 Å². The summed E-state index contributed by atoms with van der Waals surface area (Å²) in [5.41, 5.74) is 0.966. The van der Waals surface area contributed by atoms with E-state index < -0.39 is 36.4 Å². The average molecular weight is 791 g/mol. The van der Waals surface area contributed by atoms with Crippen molar-refractivity contribution >= 4 is 11.9 Å². The van der Waals surface area contributed by atoms with Gasteiger partial charge in [0.2, 0.25) is 0 Å². The summed E-state index contributed by atoms with van der Waals surface area (Å²) < 4.78 is 31.7. The number of aliphatic hydroxyl groups excluding tert-OH is 2. The zero-order valence-electron chi connectivity index (χ0n) is 34.2. The van der Waals surface area contributed by atoms with Crippen LogP contribution in [0.25, 0.3) is 0 Å². The molecule has 6 aliphatic rings. The minimum Gasteiger partial charge on any atom is -0.481 e. The highest BCUT2D eigenvalue weighted by Crippen LogP contribution is 2.38. The second kappa shape index (κ2) is 22.7. The predicted molar refractivity (Wildman–Crippen MR) is 220 cm³/mol. The van der Waals surface area contributed by atoms with Crippen molar-refractivity contribution in [1.82, 2.24) is 0 Å². The van der Waals surface area contributed by atoms with Gasteiger partial charge in [0, 0.05) is 37.2 Å². The van der Waals surface area contributed by atoms with Crippen molar-refractivity contribution < 1.29 is 48.6 Å². The normalized spacial score (nSPS) is 39.2. The maximum Gasteiger partial charge on any atom is 0.331 e. The largest absolute Gasteiger partial charge is 0.481 e. The number of esters is 1. The van der Waals surface area contributed by atoms with Gasteiger partial charge in [0.05, 0.1) is 48.8 Å². The Morgan fingerprint density at radius 1 is 0.772 bits per heavy atom. The molecule has 0 aromatic heterocycles. The Labute approximate surface area is 339 Å². The zero-order valence-corrected chi connectivity index (χ0v) is 34.2. The van der Waals surface area contributed by atoms with Crippen LogP contribution in [0.15, 0.2) is 96.7 Å². The van der Waals surface area contributed by atoms with Crippen molar-refractivity contribution in [2.45, 2.75) is 165 Å². The maximum absolute atomic E-state index is 13.0. The molecule has 0 aliphatic carbocycles. The highest BCUT2D eigenvalue weighted by Gasteiger charge is 2.45. The standard InChI is InChI=1S/C47H66O10/c1-31(17-14-15-23-45(50)51)27-32(2)47-42-26-25-36(54-47)19-11-7-5-6-10-18-35(48)28-37-29-38(49)33(3)39(53-37)21-16-22-40-34(4)43-30-44(55-40)41(56-43)20-12-8-9-13-24-46(52)57-42/h7-13,16,18,20,22,24-27,31,33-44,47-49H,5-6,14-15,17,19,21,23,28-30H2,1-4H3,(H,50,51)/b9-8+,11-7+,18-10?,20-12?,22-16+,24-13?,32-27+/t31-,33-,34+,35+,36-,37+,38+,39+,40-,41-,42-,43+,44-,47-/m1/s1. The molecule has 0 spiro atoms. The van der Waals surface area contributed by atoms with Crippen LogP contribution in [0.1, 0.15) is 98.3 Å². The molecule has 0 aromatic carbocycles. The smallest absolute Gasteiger partial charge is 0.331 e. The molecule has 0 unspecified atom stereocenters. The number of fused-ring (bicyclic) bond motifs is 13. The Hall–Kier alpha value is -3.38. The first-order chi connectivity index (χ1) is 27.5. The lowest BCUT2D eigenvalue weighted by Crippen LogP contribution is -2.43. The number of carboxylic acid groups (broad SMARTS) is 1. The second-order valence-corrected chi connectivity index (χ2v) is 16.5. The molecule has 3 N–H and O–H groups in total. The summed E-state index contributed by atoms with van der Waals surface area (Å²) in [6, 6.07) is 0. The van der Waals surface area contributed by atoms with Gasteiger partial charge in [-0.15, -0.1) is 0 Å². The van der Waals surface area contributed by atoms with Crippen molar-refractivity contribution in [3.8, 4) is 0 Å². The van der Waals surface area contributed by atoms with Crippen molar-refractivity contribution in [2.75, 3.05) is 0 Å². The third-order valence-corrected chi connectivity index (χ3v) is 11.8. The van der Waals surface area contributed by atoms with Crippen LogP contribution >= 0.6 is 0 Å². The molecular formula is C47H66O10. The summed E-state index contributed by atoms with van der Waals surface area (Å²) in [6.45, 7) is 8.29. The summed E-state index contributed by atoms with van der Waals surface area (Å²) in [4.78, 5) is 23.9. The van der Waals surface area contributed by atoms with Crippen LogP contribution in [0.2, 0.25) is 0 Å². The molecule has 57 heavy (non-hydrogen) atoms. The molecule has 14 atom stereocenters. The molecule has 0 aromatic rings. The minimum absolute atomic E-state index is 0.0184. The van der Waals surface area contributed by atoms with Gasteiger partial charge >= 0.3 is 11.9 Å². The van der Waals surface area contributed by atoms with Crippen LogP contribution < -0.4 is 0 Å². The third-order valence-electron chi connectivity index (χ3n) is 11.8. The fourth-order valence-corrected chi connectivity index (χ4v) is 8.40. The minimum atomic E-state index is -0.777. The van der Waals surface area contributed by atoms with Crippen LogP contribution in [0.5, 0.6) is 0 Å². The van der Waals surface area contributed by atoms with Gasteiger partial charge in [0.25, 0.3) is 0 Å². The number of aliphatic hydroxyl groups is 2. The van der Waals surface area contributed by atoms with Crippen molar-refractivity contribution in [2.24, 2.45) is 17.8 Å². The number of hydrogen-bond acceptors (Lipinski definition) is 9. The Morgan fingerprint density at radius 3 is 2.39 bits per heavy atom. The number of hydrogen-bond donors (Lipinski definition) is 3. The fourth-order valence-electron chi connectivity index (χ4n) is 8.40. The number of aliphatic carboxylic acids is 1. The second-order valence-electron chi connectivity index (χ2n) is 16.5. The average Bonchev–Trinajstić information content (AvgIpc) is 3.52. The van der Waals surface area contributed by atoms with Crippen molar-refractivity contribution in [1.29, 1.82) is 0 Å². The molecule has 10 nitrogen and oxygen atoms in total. The van der Waals surface area contributed by atoms with Gasteiger partial charge in [-0.3, -0.25) is 4.79 Å². The maximum atomic E-state index is 13.0. The van der Waals surface area contributed by atoms with Gasteiger partial charge in [0.1, 0.15) is 12.2 Å². The molecule has 3 fully saturated rings. The van der Waals surface area contributed by atoms with E-state index >= 15 is 0 Å². The molecule has 314 valence electrons. The first-order valence-electron chi connectivity index (χ1n) is 21.2. The van der Waals surface area contributed by atoms with E-state index in [1.165, 1.54) is 6.08 Å². The Morgan fingerprint density at radius 2 is 1.56 bits per heavy atom. The van der Waals surface area contributed by atoms with Crippen LogP contribution in [0, 0.1) is 17.8 Å². The van der Waals surface area contributed by atoms with E-state index in [9.17, 15) is 19.8 Å². The quantitative estimate of drug-likeness (QED) is 0.133. The fraction of sp³-hybridized carbons (Fsp3) is 0.617. The molecule has 6 aliphatic heterocycles. The lowest BCUT2D eigenvalue weighted by atomic mass is 9.86. The number of carbonyl (C=O) groups is 2. The predicted octanol–water partition coefficient (Wildman–Crippen LogP) is 7.83. The van der Waals surface area contributed by atoms with E-state index in [-0.39, 0.29) is 66.9 Å². The van der Waals surface area contributed by atoms with Crippen LogP contribution in [0.3, 0.4) is 0 Å². The molecule has 6 heterocycles. The van der Waals surface area contributed by atoms with E-state index in [4.69, 9.17) is 28.8 Å². The van der Waals surface area contributed by atoms with Crippen molar-refractivity contribution in [3.63, 3.8) is 0 Å². The SMILES string of the molecule is C/C(=C\[C@H](C)CCCCC(=O)O)[C@H]1O[C@H]2C=C[C@H]1OC(=O)C=C/C=C/C=C[C@H]1O[C@H]3C[C@H]1O[C@H](/C=C/C[C@@H]1O[C@@H](C[C@@H](O)C=CCC/C=C/C2)C[C@H](O)[C@H]1C)[C@@H]3C. The highest BCUT2D eigenvalue weighted by molar-refractivity contribution is 5.82. The number of carbonyl (C=O) groups excluding carboxylic acids is 1. The van der Waals surface area contributed by atoms with Gasteiger partial charge in [0.15, 0.2) is 6.10 Å². The van der Waals surface area contributed by atoms with Crippen LogP contribution in [-0.4, -0.2) is 94.4 Å². The Kier molecular flexibility index (Phi) is 17.8. The van der Waals surface area contributed by atoms with E-state index in [1.54, 1.807) is 12.2 Å². The third kappa shape index (κ3) is 14.1. The van der Waals surface area contributed by atoms with Gasteiger partial charge in [-0.2, -0.15) is 0 Å². The summed E-state index contributed by atoms with van der Waals surface area (Å²) in [6.07, 6.45) is 33.0. The Bertz CT molecular complexity index is 1540. The lowest BCUT2D eigenvalue weighted by Gasteiger charge is -2.38. The first kappa shape index (κ1) is 44.7. The lowest BCUT2D eigenvalue weighted by molar-refractivity contribution is -0.148. The summed E-state index contributed by atoms with van der Waals surface area (Å²) in [5, 5.41) is 30.7. The summed E-state index contributed by atoms with van der Waals surface area (Å²) in [5.74, 6) is -0.875. The number of rotatable bonds is 7. The molecular weight excluding hydrogens is 725 g/mol. The topological polar surface area (TPSA) is 141 Å². The van der Waals surface area contributed by atoms with Gasteiger partial charge in [-0.1, -0.05) is 106 Å². The van der Waals surface area contributed by atoms with Crippen LogP contribution in [-0.2, 0) is 33.3 Å². The van der Waals surface area contributed by atoms with E-state index in [0.29, 0.717) is 32.1 Å². The summed E-state index contributed by atoms with van der Waals surface area (Å²) in [7, 11) is 0. The molecule has 3 saturated heterocycles. The van der Waals surface area contributed by atoms with Gasteiger partial charge in [-0.25, -0.2) is 4.79 Å². The number of carboxylic acids is 1. The van der Waals surface area contributed by atoms with Crippen molar-refractivity contribution in [3.05, 3.63) is 96.7 Å². The summed E-state index contributed by atoms with van der Waals surface area (Å²) >= 11 is 0. The number of allylic oxidation sites excluding steroid dienone is 7. The molecule has 0 saturated carbocycles. The molecule has 0 amide bonds. The van der Waals surface area contributed by atoms with E-state index in [2.05, 4.69) is 44.2 Å². The van der Waals surface area contributed by atoms with E-state index in [1.807, 2.05) is 56.4 Å². The molecule has 7 bridgehead atoms. The number of ether oxygens (including phenoxy) is 5. The van der Waals surface area contributed by atoms with Gasteiger partial charge < -0.3 is 39.0 Å². The molecule has 6 rings (SSSR count). The van der Waals surface area contributed by atoms with E-state index in [0.717, 1.165) is 37.7 Å². The highest BCUT2D eigenvalue weighted by atomic mass is 16.6.